The second-order valence-electron chi connectivity index (χ2n) is 27.6. The molecule has 11 fully saturated rings. The molecular formula is C61H89BrF2K2N6O10. The van der Waals surface area contributed by atoms with Gasteiger partial charge in [0.1, 0.15) is 17.1 Å². The molecule has 3 N–H and O–H groups in total. The first-order chi connectivity index (χ1) is 38.0. The van der Waals surface area contributed by atoms with Crippen LogP contribution in [0.5, 0.6) is 0 Å². The molecule has 8 saturated carbocycles. The molecule has 2 aromatic rings. The average molecular weight is 1260 g/mol. The number of aliphatic hydroxyl groups is 2. The molecule has 446 valence electrons. The fraction of sp³-hybridized carbons (Fsp3) is 0.820. The number of carbonyl (C=O) groups is 5. The molecule has 16 nitrogen and oxygen atoms in total. The van der Waals surface area contributed by atoms with Crippen LogP contribution in [0.15, 0.2) is 24.8 Å². The number of halogens is 3. The smallest absolute Gasteiger partial charge is 1.00 e. The van der Waals surface area contributed by atoms with Gasteiger partial charge in [-0.15, -0.1) is 0 Å². The topological polar surface area (TPSA) is 220 Å². The molecule has 13 rings (SSSR count). The number of H-pyrrole nitrogens is 1. The zero-order valence-corrected chi connectivity index (χ0v) is 57.5. The minimum atomic E-state index is -1.15. The first-order valence-electron chi connectivity index (χ1n) is 30.5. The van der Waals surface area contributed by atoms with Gasteiger partial charge >= 0.3 is 109 Å². The Balaban J connectivity index is 0.000000178. The number of Topliss-reactive ketones (excluding diaryl/α,β-unsaturated/α-hetero) is 2. The molecule has 2 amide bonds. The molecule has 3 aliphatic heterocycles. The molecule has 8 aliphatic carbocycles. The quantitative estimate of drug-likeness (QED) is 0.151. The van der Waals surface area contributed by atoms with Crippen LogP contribution in [0.1, 0.15) is 191 Å². The number of nitrogens with one attached hydrogen (secondary N) is 1. The fourth-order valence-corrected chi connectivity index (χ4v) is 18.9. The number of likely N-dealkylation sites (tertiary alicyclic amines) is 2. The third-order valence-electron chi connectivity index (χ3n) is 23.0. The van der Waals surface area contributed by atoms with Gasteiger partial charge in [-0.05, 0) is 213 Å². The SMILES string of the molecule is C[C@@]1(O)CC[C@@]2(F)[C@H](CC[C@H]3[C@@H]4CC[C@H](C(=O)CBr)[C@@]4(C)CC[C@@H]32)C1.C[C@@]1(O)CC[C@@]2(F)[C@H](CC[C@H]3[C@@H]4CC[C@H](C(=O)Cn5cc(C(=O)N6CCC6)cn5)[C@@]4(C)CC[C@@H]32)C1.O=C(O[O-])C1CCCO1.O=C(c1cn[nH]c1)N1CCC1.[H-].[K+].[K+]. The van der Waals surface area contributed by atoms with E-state index in [0.717, 1.165) is 122 Å². The van der Waals surface area contributed by atoms with E-state index in [1.165, 1.54) is 0 Å². The molecule has 1 unspecified atom stereocenters. The first kappa shape index (κ1) is 67.6. The number of carbonyl (C=O) groups excluding carboxylic acids is 5. The molecule has 21 heteroatoms. The van der Waals surface area contributed by atoms with Crippen LogP contribution in [-0.2, 0) is 30.6 Å². The maximum atomic E-state index is 16.6. The van der Waals surface area contributed by atoms with E-state index < -0.39 is 34.6 Å². The Morgan fingerprint density at radius 2 is 1.20 bits per heavy atom. The van der Waals surface area contributed by atoms with Crippen molar-refractivity contribution in [2.75, 3.05) is 38.1 Å². The van der Waals surface area contributed by atoms with E-state index >= 15 is 8.78 Å². The second kappa shape index (κ2) is 27.4. The molecule has 11 aliphatic rings. The number of amides is 2. The molecular weight excluding hydrogens is 1170 g/mol. The number of hydrogen-bond acceptors (Lipinski definition) is 12. The normalized spacial score (nSPS) is 40.9. The Morgan fingerprint density at radius 1 is 0.683 bits per heavy atom. The van der Waals surface area contributed by atoms with E-state index in [1.54, 1.807) is 29.5 Å². The van der Waals surface area contributed by atoms with Crippen molar-refractivity contribution in [2.45, 2.75) is 204 Å². The molecule has 0 bridgehead atoms. The molecule has 3 saturated heterocycles. The maximum Gasteiger partial charge on any atom is 1.00 e. The summed E-state index contributed by atoms with van der Waals surface area (Å²) in [7, 11) is 0. The number of ketones is 2. The maximum absolute atomic E-state index is 16.6. The van der Waals surface area contributed by atoms with Gasteiger partial charge in [0.15, 0.2) is 11.9 Å². The monoisotopic (exact) mass is 1260 g/mol. The zero-order chi connectivity index (χ0) is 57.0. The predicted octanol–water partition coefficient (Wildman–Crippen LogP) is 2.83. The van der Waals surface area contributed by atoms with Crippen LogP contribution in [0.25, 0.3) is 0 Å². The summed E-state index contributed by atoms with van der Waals surface area (Å²) in [5, 5.41) is 41.6. The summed E-state index contributed by atoms with van der Waals surface area (Å²) in [5.74, 6) is 1.91. The number of ether oxygens (including phenoxy) is 1. The third kappa shape index (κ3) is 13.5. The Kier molecular flexibility index (Phi) is 22.6. The van der Waals surface area contributed by atoms with Gasteiger partial charge in [0, 0.05) is 57.0 Å². The Labute approximate surface area is 578 Å². The minimum absolute atomic E-state index is 0. The molecule has 82 heavy (non-hydrogen) atoms. The average Bonchev–Trinajstić information content (AvgIpc) is 3.87. The number of fused-ring (bicyclic) bond motifs is 10. The second-order valence-corrected chi connectivity index (χ2v) is 28.1. The predicted molar refractivity (Wildman–Crippen MR) is 295 cm³/mol. The van der Waals surface area contributed by atoms with Crippen molar-refractivity contribution < 1.29 is 162 Å². The van der Waals surface area contributed by atoms with Gasteiger partial charge in [0.05, 0.1) is 46.6 Å². The van der Waals surface area contributed by atoms with Crippen LogP contribution in [0.3, 0.4) is 0 Å². The number of aromatic nitrogens is 4. The largest absolute Gasteiger partial charge is 1.00 e. The standard InChI is InChI=1S/C28H40FN3O3.C21H32BrFO2.C7H9N3O.C5H8O4.2K.H/c1-26(35)10-11-28(29)19(14-26)4-5-20-21-6-7-23(27(21,2)9-8-22(20)28)24(33)17-32-16-18(15-30-32)25(34)31-12-3-13-31;1-19(25)9-10-21(23)13(11-19)3-4-14-15-5-6-17(18(24)12-22)20(15,2)8-7-16(14)21;11-7(10-2-1-3-10)6-4-8-9-5-6;6-5(9-7)4-2-1-3-8-4;;;/h15-16,19-23,35H,3-14,17H2,1-2H3;13-17,25H,3-12H2,1-2H3;4-5H,1-3H2,(H,8,9);4,7H,1-3H2;;;/q;;;;2*+1;-1/p-1/t19-,20+,21+,22+,23-,26-,27+,28-;13-,14+,15+,16+,17-,19-,20+,21-;;;;;/m11...../s1. The van der Waals surface area contributed by atoms with Crippen LogP contribution in [0.2, 0.25) is 0 Å². The molecule has 2 aromatic heterocycles. The number of hydrogen-bond donors (Lipinski definition) is 3. The third-order valence-corrected chi connectivity index (χ3v) is 23.6. The Hall–Kier alpha value is -0.377. The minimum Gasteiger partial charge on any atom is -1.00 e. The van der Waals surface area contributed by atoms with Crippen LogP contribution >= 0.6 is 15.9 Å². The van der Waals surface area contributed by atoms with E-state index in [2.05, 4.69) is 50.0 Å². The van der Waals surface area contributed by atoms with Crippen molar-refractivity contribution in [3.63, 3.8) is 0 Å². The summed E-state index contributed by atoms with van der Waals surface area (Å²) in [6.45, 7) is 12.5. The van der Waals surface area contributed by atoms with E-state index in [-0.39, 0.29) is 175 Å². The van der Waals surface area contributed by atoms with Crippen molar-refractivity contribution in [1.82, 2.24) is 29.8 Å². The van der Waals surface area contributed by atoms with Gasteiger partial charge in [-0.1, -0.05) is 29.8 Å². The van der Waals surface area contributed by atoms with Crippen LogP contribution < -0.4 is 108 Å². The van der Waals surface area contributed by atoms with Gasteiger partial charge in [0.25, 0.3) is 11.8 Å². The Bertz CT molecular complexity index is 2570. The van der Waals surface area contributed by atoms with E-state index in [4.69, 9.17) is 4.74 Å². The summed E-state index contributed by atoms with van der Waals surface area (Å²) < 4.78 is 39.2. The van der Waals surface area contributed by atoms with Crippen LogP contribution in [0, 0.1) is 70.0 Å². The number of rotatable bonds is 8. The Morgan fingerprint density at radius 3 is 1.63 bits per heavy atom. The van der Waals surface area contributed by atoms with Gasteiger partial charge in [-0.3, -0.25) is 29.0 Å². The van der Waals surface area contributed by atoms with E-state index in [0.29, 0.717) is 97.5 Å². The van der Waals surface area contributed by atoms with E-state index in [1.807, 2.05) is 23.6 Å². The van der Waals surface area contributed by atoms with Crippen molar-refractivity contribution >= 4 is 45.3 Å². The summed E-state index contributed by atoms with van der Waals surface area (Å²) >= 11 is 3.37. The van der Waals surface area contributed by atoms with Crippen LogP contribution in [-0.4, -0.2) is 136 Å². The molecule has 5 heterocycles. The molecule has 0 spiro atoms. The summed E-state index contributed by atoms with van der Waals surface area (Å²) in [6.07, 6.45) is 24.4. The van der Waals surface area contributed by atoms with Crippen molar-refractivity contribution in [2.24, 2.45) is 70.0 Å². The number of aromatic amines is 1. The van der Waals surface area contributed by atoms with Gasteiger partial charge in [0.2, 0.25) is 0 Å². The summed E-state index contributed by atoms with van der Waals surface area (Å²) in [6, 6.07) is 0. The van der Waals surface area contributed by atoms with Crippen molar-refractivity contribution in [3.8, 4) is 0 Å². The summed E-state index contributed by atoms with van der Waals surface area (Å²) in [4.78, 5) is 67.0. The number of nitrogens with zero attached hydrogens (tertiary/aromatic N) is 5. The molecule has 0 radical (unpaired) electrons. The summed E-state index contributed by atoms with van der Waals surface area (Å²) in [5.41, 5.74) is -2.42. The van der Waals surface area contributed by atoms with E-state index in [9.17, 15) is 39.4 Å². The zero-order valence-electron chi connectivity index (χ0n) is 50.7. The van der Waals surface area contributed by atoms with Gasteiger partial charge in [-0.25, -0.2) is 13.6 Å². The van der Waals surface area contributed by atoms with Crippen LogP contribution in [0.4, 0.5) is 8.78 Å². The fourth-order valence-electron chi connectivity index (χ4n) is 18.5. The molecule has 17 atom stereocenters. The molecule has 0 aromatic carbocycles. The number of alkyl halides is 3. The van der Waals surface area contributed by atoms with Crippen molar-refractivity contribution in [3.05, 3.63) is 35.9 Å². The van der Waals surface area contributed by atoms with Crippen molar-refractivity contribution in [1.29, 1.82) is 0 Å². The van der Waals surface area contributed by atoms with Gasteiger partial charge < -0.3 is 36.3 Å². The van der Waals surface area contributed by atoms with Gasteiger partial charge in [-0.2, -0.15) is 10.2 Å². The first-order valence-corrected chi connectivity index (χ1v) is 31.7.